The van der Waals surface area contributed by atoms with Crippen molar-refractivity contribution in [2.45, 2.75) is 45.1 Å². The van der Waals surface area contributed by atoms with Crippen molar-refractivity contribution < 1.29 is 28.2 Å². The Kier molecular flexibility index (Phi) is 6.62. The van der Waals surface area contributed by atoms with Gasteiger partial charge in [0.25, 0.3) is 0 Å². The van der Waals surface area contributed by atoms with E-state index in [1.807, 2.05) is 32.9 Å². The molecule has 1 fully saturated rings. The van der Waals surface area contributed by atoms with Crippen LogP contribution in [-0.2, 0) is 10.2 Å². The van der Waals surface area contributed by atoms with Gasteiger partial charge in [-0.1, -0.05) is 26.8 Å². The molecule has 0 radical (unpaired) electrons. The summed E-state index contributed by atoms with van der Waals surface area (Å²) in [6, 6.07) is 9.97. The monoisotopic (exact) mass is 498 g/mol. The van der Waals surface area contributed by atoms with Crippen molar-refractivity contribution in [3.8, 4) is 17.5 Å². The van der Waals surface area contributed by atoms with E-state index in [0.29, 0.717) is 23.7 Å². The van der Waals surface area contributed by atoms with Crippen molar-refractivity contribution in [3.63, 3.8) is 0 Å². The normalized spacial score (nSPS) is 20.4. The number of carboxylic acid groups (broad SMARTS) is 1. The van der Waals surface area contributed by atoms with Crippen molar-refractivity contribution in [2.24, 2.45) is 5.41 Å². The highest BCUT2D eigenvalue weighted by molar-refractivity contribution is 5.81. The van der Waals surface area contributed by atoms with Gasteiger partial charge >= 0.3 is 6.09 Å². The average Bonchev–Trinajstić information content (AvgIpc) is 3.27. The predicted molar refractivity (Wildman–Crippen MR) is 128 cm³/mol. The summed E-state index contributed by atoms with van der Waals surface area (Å²) in [6.45, 7) is 5.93. The molecule has 1 N–H and O–H groups in total. The highest BCUT2D eigenvalue weighted by Crippen LogP contribution is 2.44. The second-order valence-electron chi connectivity index (χ2n) is 10.1. The predicted octanol–water partition coefficient (Wildman–Crippen LogP) is 5.24. The van der Waals surface area contributed by atoms with Crippen molar-refractivity contribution in [1.29, 1.82) is 5.26 Å². The Labute approximate surface area is 207 Å². The van der Waals surface area contributed by atoms with Crippen LogP contribution in [0.4, 0.5) is 13.6 Å². The van der Waals surface area contributed by atoms with Gasteiger partial charge in [0.2, 0.25) is 5.82 Å². The number of likely N-dealkylation sites (tertiary alicyclic amines) is 1. The highest BCUT2D eigenvalue weighted by atomic mass is 19.2. The van der Waals surface area contributed by atoms with E-state index in [0.717, 1.165) is 11.6 Å². The molecule has 190 valence electrons. The summed E-state index contributed by atoms with van der Waals surface area (Å²) in [5.74, 6) is -2.50. The largest absolute Gasteiger partial charge is 0.465 e. The fourth-order valence-corrected chi connectivity index (χ4v) is 4.88. The van der Waals surface area contributed by atoms with Crippen LogP contribution in [-0.4, -0.2) is 52.4 Å². The fourth-order valence-electron chi connectivity index (χ4n) is 4.88. The average molecular weight is 499 g/mol. The molecule has 4 rings (SSSR count). The van der Waals surface area contributed by atoms with Crippen LogP contribution in [0, 0.1) is 28.4 Å². The summed E-state index contributed by atoms with van der Waals surface area (Å²) in [4.78, 5) is 13.3. The van der Waals surface area contributed by atoms with Crippen molar-refractivity contribution in [1.82, 2.24) is 14.7 Å². The summed E-state index contributed by atoms with van der Waals surface area (Å²) >= 11 is 0. The van der Waals surface area contributed by atoms with Gasteiger partial charge in [0.15, 0.2) is 18.4 Å². The summed E-state index contributed by atoms with van der Waals surface area (Å²) in [7, 11) is 1.37. The van der Waals surface area contributed by atoms with Crippen LogP contribution < -0.4 is 4.74 Å². The molecule has 3 aromatic rings. The third-order valence-electron chi connectivity index (χ3n) is 6.83. The maximum Gasteiger partial charge on any atom is 0.407 e. The molecular formula is C26H28F2N4O4. The van der Waals surface area contributed by atoms with Gasteiger partial charge in [0.1, 0.15) is 0 Å². The van der Waals surface area contributed by atoms with Crippen molar-refractivity contribution in [2.75, 3.05) is 20.4 Å². The SMILES string of the molecule is COCOc1cc(-n2ncc3cc(C4(C#N)CCN(C(=O)O)C(C(C)(C)C)C4)ccc32)cc(F)c1F. The number of aromatic nitrogens is 2. The Hall–Kier alpha value is -3.71. The quantitative estimate of drug-likeness (QED) is 0.483. The van der Waals surface area contributed by atoms with E-state index in [1.165, 1.54) is 22.8 Å². The van der Waals surface area contributed by atoms with Crippen molar-refractivity contribution in [3.05, 3.63) is 53.7 Å². The number of halogens is 2. The summed E-state index contributed by atoms with van der Waals surface area (Å²) < 4.78 is 39.8. The smallest absolute Gasteiger partial charge is 0.407 e. The number of amides is 1. The van der Waals surface area contributed by atoms with Crippen LogP contribution >= 0.6 is 0 Å². The lowest BCUT2D eigenvalue weighted by Gasteiger charge is -2.47. The number of nitrogens with zero attached hydrogens (tertiary/aromatic N) is 4. The van der Waals surface area contributed by atoms with Gasteiger partial charge in [-0.05, 0) is 36.0 Å². The minimum absolute atomic E-state index is 0.242. The Morgan fingerprint density at radius 2 is 2.06 bits per heavy atom. The molecule has 36 heavy (non-hydrogen) atoms. The van der Waals surface area contributed by atoms with E-state index in [4.69, 9.17) is 9.47 Å². The van der Waals surface area contributed by atoms with Crippen molar-refractivity contribution >= 4 is 17.0 Å². The maximum absolute atomic E-state index is 14.3. The van der Waals surface area contributed by atoms with Crippen LogP contribution in [0.15, 0.2) is 36.5 Å². The van der Waals surface area contributed by atoms with Crippen LogP contribution in [0.2, 0.25) is 0 Å². The standard InChI is InChI=1S/C26H28F2N4O4/c1-25(2,3)22-12-26(14-29,7-8-31(22)24(33)34)17-5-6-20-16(9-17)13-30-32(20)18-10-19(27)23(28)21(11-18)36-15-35-4/h5-6,9-11,13,22H,7-8,12,15H2,1-4H3,(H,33,34). The van der Waals surface area contributed by atoms with Crippen LogP contribution in [0.1, 0.15) is 39.2 Å². The molecule has 1 aliphatic rings. The lowest BCUT2D eigenvalue weighted by molar-refractivity contribution is 0.0413. The number of methoxy groups -OCH3 is 1. The minimum atomic E-state index is -1.12. The van der Waals surface area contributed by atoms with Gasteiger partial charge in [-0.3, -0.25) is 0 Å². The number of carbonyl (C=O) groups is 1. The highest BCUT2D eigenvalue weighted by Gasteiger charge is 2.47. The zero-order chi connectivity index (χ0) is 26.3. The second kappa shape index (κ2) is 9.39. The first-order chi connectivity index (χ1) is 17.0. The fraction of sp³-hybridized carbons (Fsp3) is 0.423. The van der Waals surface area contributed by atoms with E-state index in [9.17, 15) is 23.9 Å². The Bertz CT molecular complexity index is 1340. The molecule has 8 nitrogen and oxygen atoms in total. The topological polar surface area (TPSA) is 101 Å². The molecule has 1 aliphatic heterocycles. The minimum Gasteiger partial charge on any atom is -0.465 e. The number of fused-ring (bicyclic) bond motifs is 1. The van der Waals surface area contributed by atoms with Gasteiger partial charge in [-0.15, -0.1) is 0 Å². The molecule has 1 saturated heterocycles. The number of hydrogen-bond donors (Lipinski definition) is 1. The lowest BCUT2D eigenvalue weighted by atomic mass is 9.66. The Balaban J connectivity index is 1.73. The van der Waals surface area contributed by atoms with Crippen LogP contribution in [0.3, 0.4) is 0 Å². The van der Waals surface area contributed by atoms with Crippen LogP contribution in [0.25, 0.3) is 16.6 Å². The molecule has 2 unspecified atom stereocenters. The van der Waals surface area contributed by atoms with E-state index >= 15 is 0 Å². The molecule has 0 spiro atoms. The lowest BCUT2D eigenvalue weighted by Crippen LogP contribution is -2.55. The molecule has 0 saturated carbocycles. The molecule has 2 atom stereocenters. The molecule has 1 aromatic heterocycles. The molecule has 1 amide bonds. The van der Waals surface area contributed by atoms with E-state index in [-0.39, 0.29) is 36.2 Å². The molecule has 0 aliphatic carbocycles. The number of nitriles is 1. The number of ether oxygens (including phenoxy) is 2. The van der Waals surface area contributed by atoms with Gasteiger partial charge < -0.3 is 19.5 Å². The molecule has 2 aromatic carbocycles. The molecule has 2 heterocycles. The summed E-state index contributed by atoms with van der Waals surface area (Å²) in [5, 5.41) is 25.0. The Morgan fingerprint density at radius 1 is 1.31 bits per heavy atom. The first-order valence-corrected chi connectivity index (χ1v) is 11.5. The van der Waals surface area contributed by atoms with Gasteiger partial charge in [-0.2, -0.15) is 14.8 Å². The molecule has 10 heteroatoms. The molecular weight excluding hydrogens is 470 g/mol. The molecule has 0 bridgehead atoms. The summed E-state index contributed by atoms with van der Waals surface area (Å²) in [5.41, 5.74) is 0.436. The van der Waals surface area contributed by atoms with Gasteiger partial charge in [-0.25, -0.2) is 13.9 Å². The van der Waals surface area contributed by atoms with E-state index in [1.54, 1.807) is 12.3 Å². The van der Waals surface area contributed by atoms with E-state index in [2.05, 4.69) is 11.2 Å². The third kappa shape index (κ3) is 4.46. The first kappa shape index (κ1) is 25.4. The van der Waals surface area contributed by atoms with Crippen LogP contribution in [0.5, 0.6) is 5.75 Å². The maximum atomic E-state index is 14.3. The number of piperidine rings is 1. The summed E-state index contributed by atoms with van der Waals surface area (Å²) in [6.07, 6.45) is 1.33. The zero-order valence-corrected chi connectivity index (χ0v) is 20.6. The number of rotatable bonds is 5. The third-order valence-corrected chi connectivity index (χ3v) is 6.83. The second-order valence-corrected chi connectivity index (χ2v) is 10.1. The van der Waals surface area contributed by atoms with E-state index < -0.39 is 23.1 Å². The zero-order valence-electron chi connectivity index (χ0n) is 20.6. The van der Waals surface area contributed by atoms with Gasteiger partial charge in [0.05, 0.1) is 28.9 Å². The number of hydrogen-bond acceptors (Lipinski definition) is 5. The Morgan fingerprint density at radius 3 is 2.69 bits per heavy atom. The van der Waals surface area contributed by atoms with Gasteiger partial charge in [0, 0.05) is 37.2 Å². The first-order valence-electron chi connectivity index (χ1n) is 11.5. The number of benzene rings is 2.